The smallest absolute Gasteiger partial charge is 0.264 e. The number of aromatic nitrogens is 1. The summed E-state index contributed by atoms with van der Waals surface area (Å²) in [5, 5.41) is 13.2. The number of nitrogens with zero attached hydrogens (tertiary/aromatic N) is 3. The van der Waals surface area contributed by atoms with Crippen LogP contribution in [0.2, 0.25) is 0 Å². The molecule has 4 aromatic rings. The SMILES string of the molecule is O=C(c1cccs1)N(Cc1ccc2c(c1)OCO2)Cc1cc2cc3c(cc2nc1N1CCC(O)CC1)CCC3. The lowest BCUT2D eigenvalue weighted by molar-refractivity contribution is 0.0735. The first-order chi connectivity index (χ1) is 19.1. The highest BCUT2D eigenvalue weighted by atomic mass is 32.1. The summed E-state index contributed by atoms with van der Waals surface area (Å²) >= 11 is 1.46. The first-order valence-corrected chi connectivity index (χ1v) is 14.6. The summed E-state index contributed by atoms with van der Waals surface area (Å²) in [6, 6.07) is 16.5. The monoisotopic (exact) mass is 541 g/mol. The molecular formula is C31H31N3O4S. The van der Waals surface area contributed by atoms with E-state index in [1.54, 1.807) is 0 Å². The van der Waals surface area contributed by atoms with Gasteiger partial charge < -0.3 is 24.4 Å². The van der Waals surface area contributed by atoms with Crippen molar-refractivity contribution in [3.63, 3.8) is 0 Å². The third-order valence-electron chi connectivity index (χ3n) is 8.04. The average Bonchev–Trinajstić information content (AvgIpc) is 3.73. The van der Waals surface area contributed by atoms with Gasteiger partial charge in [-0.3, -0.25) is 4.79 Å². The lowest BCUT2D eigenvalue weighted by Crippen LogP contribution is -2.38. The van der Waals surface area contributed by atoms with Gasteiger partial charge in [0.1, 0.15) is 5.82 Å². The van der Waals surface area contributed by atoms with Gasteiger partial charge in [-0.05, 0) is 90.6 Å². The highest BCUT2D eigenvalue weighted by molar-refractivity contribution is 7.12. The molecule has 1 aliphatic carbocycles. The minimum atomic E-state index is -0.267. The molecule has 7 rings (SSSR count). The number of carbonyl (C=O) groups is 1. The van der Waals surface area contributed by atoms with Crippen molar-refractivity contribution in [3.05, 3.63) is 81.0 Å². The van der Waals surface area contributed by atoms with Gasteiger partial charge in [0.25, 0.3) is 5.91 Å². The van der Waals surface area contributed by atoms with Crippen LogP contribution in [0.3, 0.4) is 0 Å². The van der Waals surface area contributed by atoms with Crippen LogP contribution >= 0.6 is 11.3 Å². The van der Waals surface area contributed by atoms with E-state index < -0.39 is 0 Å². The third kappa shape index (κ3) is 4.83. The number of hydrogen-bond donors (Lipinski definition) is 1. The number of anilines is 1. The summed E-state index contributed by atoms with van der Waals surface area (Å²) < 4.78 is 11.1. The van der Waals surface area contributed by atoms with Crippen molar-refractivity contribution in [3.8, 4) is 11.5 Å². The van der Waals surface area contributed by atoms with Crippen molar-refractivity contribution >= 4 is 34.0 Å². The number of aliphatic hydroxyl groups is 1. The van der Waals surface area contributed by atoms with Gasteiger partial charge in [-0.15, -0.1) is 11.3 Å². The van der Waals surface area contributed by atoms with Crippen LogP contribution in [0.5, 0.6) is 11.5 Å². The summed E-state index contributed by atoms with van der Waals surface area (Å²) in [7, 11) is 0. The molecule has 0 spiro atoms. The predicted molar refractivity (Wildman–Crippen MR) is 152 cm³/mol. The van der Waals surface area contributed by atoms with Crippen LogP contribution in [0.4, 0.5) is 5.82 Å². The number of ether oxygens (including phenoxy) is 2. The minimum absolute atomic E-state index is 0.00302. The van der Waals surface area contributed by atoms with Crippen LogP contribution < -0.4 is 14.4 Å². The number of benzene rings is 2. The number of thiophene rings is 1. The van der Waals surface area contributed by atoms with Crippen LogP contribution in [-0.4, -0.2) is 46.9 Å². The molecule has 4 heterocycles. The van der Waals surface area contributed by atoms with Gasteiger partial charge in [-0.1, -0.05) is 12.1 Å². The molecule has 0 radical (unpaired) electrons. The van der Waals surface area contributed by atoms with E-state index in [4.69, 9.17) is 14.5 Å². The summed E-state index contributed by atoms with van der Waals surface area (Å²) in [5.41, 5.74) is 5.84. The molecule has 0 atom stereocenters. The van der Waals surface area contributed by atoms with Gasteiger partial charge in [-0.25, -0.2) is 4.98 Å². The summed E-state index contributed by atoms with van der Waals surface area (Å²) in [6.45, 7) is 2.58. The Balaban J connectivity index is 1.28. The maximum absolute atomic E-state index is 13.8. The van der Waals surface area contributed by atoms with E-state index in [0.717, 1.165) is 72.4 Å². The third-order valence-corrected chi connectivity index (χ3v) is 8.90. The predicted octanol–water partition coefficient (Wildman–Crippen LogP) is 5.32. The summed E-state index contributed by atoms with van der Waals surface area (Å²) in [4.78, 5) is 23.9. The normalized spacial score (nSPS) is 16.6. The number of aryl methyl sites for hydroxylation is 2. The molecule has 1 N–H and O–H groups in total. The minimum Gasteiger partial charge on any atom is -0.454 e. The maximum Gasteiger partial charge on any atom is 0.264 e. The number of pyridine rings is 1. The first kappa shape index (κ1) is 24.4. The second kappa shape index (κ2) is 10.2. The molecule has 7 nitrogen and oxygen atoms in total. The fourth-order valence-corrected chi connectivity index (χ4v) is 6.66. The molecule has 39 heavy (non-hydrogen) atoms. The molecule has 0 unspecified atom stereocenters. The van der Waals surface area contributed by atoms with Crippen molar-refractivity contribution in [2.75, 3.05) is 24.8 Å². The zero-order valence-electron chi connectivity index (χ0n) is 21.8. The molecule has 1 fully saturated rings. The second-order valence-electron chi connectivity index (χ2n) is 10.7. The Hall–Kier alpha value is -3.62. The van der Waals surface area contributed by atoms with Gasteiger partial charge in [0.05, 0.1) is 23.0 Å². The van der Waals surface area contributed by atoms with Gasteiger partial charge in [-0.2, -0.15) is 0 Å². The Labute approximate surface area is 231 Å². The van der Waals surface area contributed by atoms with Crippen LogP contribution in [-0.2, 0) is 25.9 Å². The first-order valence-electron chi connectivity index (χ1n) is 13.7. The van der Waals surface area contributed by atoms with E-state index in [0.29, 0.717) is 23.7 Å². The molecule has 200 valence electrons. The van der Waals surface area contributed by atoms with Crippen LogP contribution in [0.25, 0.3) is 10.9 Å². The van der Waals surface area contributed by atoms with Crippen LogP contribution in [0.1, 0.15) is 51.2 Å². The van der Waals surface area contributed by atoms with Crippen molar-refractivity contribution < 1.29 is 19.4 Å². The van der Waals surface area contributed by atoms with Crippen LogP contribution in [0, 0.1) is 0 Å². The molecule has 0 bridgehead atoms. The molecule has 2 aliphatic heterocycles. The quantitative estimate of drug-likeness (QED) is 0.356. The highest BCUT2D eigenvalue weighted by Crippen LogP contribution is 2.35. The second-order valence-corrected chi connectivity index (χ2v) is 11.6. The average molecular weight is 542 g/mol. The van der Waals surface area contributed by atoms with E-state index in [2.05, 4.69) is 23.1 Å². The number of fused-ring (bicyclic) bond motifs is 3. The molecule has 3 aliphatic rings. The van der Waals surface area contributed by atoms with Crippen molar-refractivity contribution in [1.29, 1.82) is 0 Å². The van der Waals surface area contributed by atoms with Gasteiger partial charge >= 0.3 is 0 Å². The largest absolute Gasteiger partial charge is 0.454 e. The number of carbonyl (C=O) groups excluding carboxylic acids is 1. The molecule has 1 saturated heterocycles. The fraction of sp³-hybridized carbons (Fsp3) is 0.355. The molecular weight excluding hydrogens is 510 g/mol. The molecule has 2 aromatic heterocycles. The molecule has 0 saturated carbocycles. The Morgan fingerprint density at radius 3 is 2.67 bits per heavy atom. The van der Waals surface area contributed by atoms with Crippen molar-refractivity contribution in [2.45, 2.75) is 51.3 Å². The number of amides is 1. The molecule has 2 aromatic carbocycles. The zero-order valence-corrected chi connectivity index (χ0v) is 22.6. The van der Waals surface area contributed by atoms with E-state index in [1.807, 2.05) is 40.6 Å². The van der Waals surface area contributed by atoms with Crippen molar-refractivity contribution in [2.24, 2.45) is 0 Å². The summed E-state index contributed by atoms with van der Waals surface area (Å²) in [6.07, 6.45) is 4.58. The van der Waals surface area contributed by atoms with Crippen LogP contribution in [0.15, 0.2) is 53.9 Å². The molecule has 8 heteroatoms. The maximum atomic E-state index is 13.8. The Bertz CT molecular complexity index is 1530. The Kier molecular flexibility index (Phi) is 6.37. The number of rotatable bonds is 6. The Morgan fingerprint density at radius 1 is 1.03 bits per heavy atom. The van der Waals surface area contributed by atoms with E-state index >= 15 is 0 Å². The van der Waals surface area contributed by atoms with E-state index in [9.17, 15) is 9.90 Å². The van der Waals surface area contributed by atoms with E-state index in [1.165, 1.54) is 28.9 Å². The number of hydrogen-bond acceptors (Lipinski definition) is 7. The van der Waals surface area contributed by atoms with Gasteiger partial charge in [0, 0.05) is 30.6 Å². The lowest BCUT2D eigenvalue weighted by Gasteiger charge is -2.33. The van der Waals surface area contributed by atoms with Gasteiger partial charge in [0.15, 0.2) is 11.5 Å². The zero-order chi connectivity index (χ0) is 26.3. The highest BCUT2D eigenvalue weighted by Gasteiger charge is 2.26. The van der Waals surface area contributed by atoms with Gasteiger partial charge in [0.2, 0.25) is 6.79 Å². The van der Waals surface area contributed by atoms with Crippen molar-refractivity contribution in [1.82, 2.24) is 9.88 Å². The topological polar surface area (TPSA) is 75.1 Å². The molecule has 1 amide bonds. The summed E-state index contributed by atoms with van der Waals surface area (Å²) in [5.74, 6) is 2.36. The lowest BCUT2D eigenvalue weighted by atomic mass is 10.0. The Morgan fingerprint density at radius 2 is 1.85 bits per heavy atom. The number of aliphatic hydroxyl groups excluding tert-OH is 1. The standard InChI is InChI=1S/C31H31N3O4S/c35-25-8-10-33(11-9-25)30-24(15-23-14-21-3-1-4-22(21)16-26(23)32-30)18-34(31(36)29-5-2-12-39-29)17-20-6-7-27-28(13-20)38-19-37-27/h2,5-7,12-16,25,35H,1,3-4,8-11,17-19H2. The fourth-order valence-electron chi connectivity index (χ4n) is 5.97. The number of piperidine rings is 1. The van der Waals surface area contributed by atoms with E-state index in [-0.39, 0.29) is 18.8 Å².